The second-order valence-electron chi connectivity index (χ2n) is 4.50. The Balaban J connectivity index is 2.09. The number of hydrazine groups is 1. The van der Waals surface area contributed by atoms with Gasteiger partial charge in [0.25, 0.3) is 10.0 Å². The van der Waals surface area contributed by atoms with E-state index in [-0.39, 0.29) is 5.03 Å². The van der Waals surface area contributed by atoms with E-state index in [4.69, 9.17) is 5.84 Å². The van der Waals surface area contributed by atoms with E-state index in [2.05, 4.69) is 15.1 Å². The second kappa shape index (κ2) is 5.64. The van der Waals surface area contributed by atoms with Crippen LogP contribution in [0.4, 0.5) is 5.69 Å². The first-order chi connectivity index (χ1) is 8.63. The molecule has 4 N–H and O–H groups in total. The Labute approximate surface area is 107 Å². The number of nitrogen functional groups attached to an aromatic ring is 1. The molecule has 0 amide bonds. The van der Waals surface area contributed by atoms with Gasteiger partial charge < -0.3 is 5.43 Å². The van der Waals surface area contributed by atoms with Gasteiger partial charge in [-0.2, -0.15) is 0 Å². The molecule has 1 aromatic rings. The molecule has 0 unspecified atom stereocenters. The van der Waals surface area contributed by atoms with Crippen molar-refractivity contribution in [3.05, 3.63) is 18.3 Å². The van der Waals surface area contributed by atoms with Gasteiger partial charge in [0.15, 0.2) is 5.03 Å². The van der Waals surface area contributed by atoms with Crippen LogP contribution in [0.1, 0.15) is 25.7 Å². The van der Waals surface area contributed by atoms with Crippen molar-refractivity contribution in [2.24, 2.45) is 11.8 Å². The van der Waals surface area contributed by atoms with Crippen LogP contribution in [-0.4, -0.2) is 19.9 Å². The maximum Gasteiger partial charge on any atom is 0.260 e. The van der Waals surface area contributed by atoms with Gasteiger partial charge >= 0.3 is 0 Å². The first-order valence-corrected chi connectivity index (χ1v) is 7.53. The smallest absolute Gasteiger partial charge is 0.260 e. The number of hydrogen-bond acceptors (Lipinski definition) is 5. The van der Waals surface area contributed by atoms with Crippen LogP contribution in [0.15, 0.2) is 23.4 Å². The average molecular weight is 270 g/mol. The van der Waals surface area contributed by atoms with Gasteiger partial charge in [0, 0.05) is 12.7 Å². The molecule has 1 aliphatic rings. The van der Waals surface area contributed by atoms with E-state index in [1.807, 2.05) is 0 Å². The lowest BCUT2D eigenvalue weighted by molar-refractivity contribution is 0.518. The number of nitrogens with two attached hydrogens (primary N) is 1. The molecule has 0 aliphatic heterocycles. The van der Waals surface area contributed by atoms with E-state index in [0.29, 0.717) is 18.2 Å². The van der Waals surface area contributed by atoms with Crippen LogP contribution in [0.2, 0.25) is 0 Å². The van der Waals surface area contributed by atoms with Crippen molar-refractivity contribution < 1.29 is 8.42 Å². The van der Waals surface area contributed by atoms with Crippen molar-refractivity contribution in [2.75, 3.05) is 12.0 Å². The van der Waals surface area contributed by atoms with Crippen LogP contribution in [0.25, 0.3) is 0 Å². The number of pyridine rings is 1. The molecular weight excluding hydrogens is 252 g/mol. The second-order valence-corrected chi connectivity index (χ2v) is 6.19. The Bertz CT molecular complexity index is 498. The largest absolute Gasteiger partial charge is 0.321 e. The fourth-order valence-corrected chi connectivity index (χ4v) is 3.43. The summed E-state index contributed by atoms with van der Waals surface area (Å²) in [5.74, 6) is 5.73. The molecule has 0 radical (unpaired) electrons. The summed E-state index contributed by atoms with van der Waals surface area (Å²) in [4.78, 5) is 3.87. The molecular formula is C11H18N4O2S. The molecule has 18 heavy (non-hydrogen) atoms. The topological polar surface area (TPSA) is 97.1 Å². The van der Waals surface area contributed by atoms with Gasteiger partial charge in [-0.25, -0.2) is 18.1 Å². The summed E-state index contributed by atoms with van der Waals surface area (Å²) in [6, 6.07) is 3.21. The molecule has 7 heteroatoms. The highest BCUT2D eigenvalue weighted by Gasteiger charge is 2.22. The molecule has 0 saturated heterocycles. The third kappa shape index (κ3) is 2.98. The quantitative estimate of drug-likeness (QED) is 0.544. The van der Waals surface area contributed by atoms with Crippen LogP contribution in [-0.2, 0) is 10.0 Å². The van der Waals surface area contributed by atoms with Gasteiger partial charge in [-0.15, -0.1) is 0 Å². The van der Waals surface area contributed by atoms with Crippen molar-refractivity contribution in [3.8, 4) is 0 Å². The molecule has 100 valence electrons. The summed E-state index contributed by atoms with van der Waals surface area (Å²) >= 11 is 0. The van der Waals surface area contributed by atoms with Crippen molar-refractivity contribution in [1.82, 2.24) is 9.71 Å². The van der Waals surface area contributed by atoms with E-state index >= 15 is 0 Å². The van der Waals surface area contributed by atoms with Gasteiger partial charge in [0.1, 0.15) is 0 Å². The van der Waals surface area contributed by atoms with E-state index in [0.717, 1.165) is 12.8 Å². The first-order valence-electron chi connectivity index (χ1n) is 6.05. The molecule has 0 atom stereocenters. The number of rotatable bonds is 5. The van der Waals surface area contributed by atoms with Gasteiger partial charge in [0.2, 0.25) is 0 Å². The lowest BCUT2D eigenvalue weighted by atomic mass is 10.1. The third-order valence-corrected chi connectivity index (χ3v) is 4.60. The SMILES string of the molecule is NNc1cccnc1S(=O)(=O)NCC1CCCC1. The van der Waals surface area contributed by atoms with Crippen molar-refractivity contribution in [2.45, 2.75) is 30.7 Å². The molecule has 0 spiro atoms. The molecule has 6 nitrogen and oxygen atoms in total. The Kier molecular flexibility index (Phi) is 4.15. The number of sulfonamides is 1. The van der Waals surface area contributed by atoms with Crippen LogP contribution in [0.5, 0.6) is 0 Å². The van der Waals surface area contributed by atoms with Gasteiger partial charge in [-0.1, -0.05) is 12.8 Å². The summed E-state index contributed by atoms with van der Waals surface area (Å²) in [5, 5.41) is -0.0505. The van der Waals surface area contributed by atoms with Crippen molar-refractivity contribution in [1.29, 1.82) is 0 Å². The monoisotopic (exact) mass is 270 g/mol. The average Bonchev–Trinajstić information content (AvgIpc) is 2.89. The lowest BCUT2D eigenvalue weighted by Crippen LogP contribution is -2.30. The lowest BCUT2D eigenvalue weighted by Gasteiger charge is -2.12. The number of aromatic nitrogens is 1. The Morgan fingerprint density at radius 2 is 2.11 bits per heavy atom. The highest BCUT2D eigenvalue weighted by atomic mass is 32.2. The predicted molar refractivity (Wildman–Crippen MR) is 69.2 cm³/mol. The minimum Gasteiger partial charge on any atom is -0.321 e. The summed E-state index contributed by atoms with van der Waals surface area (Å²) in [5.41, 5.74) is 2.65. The van der Waals surface area contributed by atoms with Crippen molar-refractivity contribution in [3.63, 3.8) is 0 Å². The van der Waals surface area contributed by atoms with Gasteiger partial charge in [-0.05, 0) is 30.9 Å². The molecule has 1 aliphatic carbocycles. The van der Waals surface area contributed by atoms with Crippen LogP contribution in [0, 0.1) is 5.92 Å². The minimum atomic E-state index is -3.59. The first kappa shape index (κ1) is 13.3. The number of nitrogens with zero attached hydrogens (tertiary/aromatic N) is 1. The summed E-state index contributed by atoms with van der Waals surface area (Å²) in [6.45, 7) is 0.475. The Morgan fingerprint density at radius 1 is 1.39 bits per heavy atom. The Hall–Kier alpha value is -1.18. The van der Waals surface area contributed by atoms with E-state index in [9.17, 15) is 8.42 Å². The molecule has 0 aromatic carbocycles. The van der Waals surface area contributed by atoms with Crippen molar-refractivity contribution >= 4 is 15.7 Å². The summed E-state index contributed by atoms with van der Waals surface area (Å²) in [6.07, 6.45) is 5.99. The molecule has 0 bridgehead atoms. The predicted octanol–water partition coefficient (Wildman–Crippen LogP) is 0.836. The standard InChI is InChI=1S/C11H18N4O2S/c12-15-10-6-3-7-13-11(10)18(16,17)14-8-9-4-1-2-5-9/h3,6-7,9,14-15H,1-2,4-5,8,12H2. The summed E-state index contributed by atoms with van der Waals surface area (Å²) < 4.78 is 26.8. The van der Waals surface area contributed by atoms with E-state index in [1.54, 1.807) is 12.1 Å². The molecule has 1 fully saturated rings. The van der Waals surface area contributed by atoms with Crippen LogP contribution < -0.4 is 16.0 Å². The highest BCUT2D eigenvalue weighted by Crippen LogP contribution is 2.24. The molecule has 2 rings (SSSR count). The molecule has 1 heterocycles. The fourth-order valence-electron chi connectivity index (χ4n) is 2.23. The van der Waals surface area contributed by atoms with Crippen LogP contribution in [0.3, 0.4) is 0 Å². The molecule has 1 saturated carbocycles. The molecule has 1 aromatic heterocycles. The Morgan fingerprint density at radius 3 is 2.78 bits per heavy atom. The summed E-state index contributed by atoms with van der Waals surface area (Å²) in [7, 11) is -3.59. The zero-order chi connectivity index (χ0) is 13.0. The number of nitrogens with one attached hydrogen (secondary N) is 2. The maximum absolute atomic E-state index is 12.1. The van der Waals surface area contributed by atoms with Gasteiger partial charge in [0.05, 0.1) is 5.69 Å². The minimum absolute atomic E-state index is 0.0505. The zero-order valence-corrected chi connectivity index (χ0v) is 10.9. The third-order valence-electron chi connectivity index (χ3n) is 3.22. The maximum atomic E-state index is 12.1. The van der Waals surface area contributed by atoms with Gasteiger partial charge in [-0.3, -0.25) is 5.84 Å². The highest BCUT2D eigenvalue weighted by molar-refractivity contribution is 7.89. The fraction of sp³-hybridized carbons (Fsp3) is 0.545. The zero-order valence-electron chi connectivity index (χ0n) is 10.1. The van der Waals surface area contributed by atoms with E-state index < -0.39 is 10.0 Å². The number of anilines is 1. The number of hydrogen-bond donors (Lipinski definition) is 3. The van der Waals surface area contributed by atoms with Crippen LogP contribution >= 0.6 is 0 Å². The van der Waals surface area contributed by atoms with E-state index in [1.165, 1.54) is 19.0 Å². The normalized spacial score (nSPS) is 16.9.